The molecule has 0 unspecified atom stereocenters. The van der Waals surface area contributed by atoms with Crippen molar-refractivity contribution in [2.24, 2.45) is 0 Å². The van der Waals surface area contributed by atoms with E-state index in [1.807, 2.05) is 0 Å². The average Bonchev–Trinajstić information content (AvgIpc) is 3.13. The predicted octanol–water partition coefficient (Wildman–Crippen LogP) is 4.05. The molecule has 0 N–H and O–H groups in total. The first kappa shape index (κ1) is 19.7. The molecule has 0 atom stereocenters. The monoisotopic (exact) mass is 426 g/mol. The van der Waals surface area contributed by atoms with E-state index in [4.69, 9.17) is 0 Å². The molecule has 0 saturated carbocycles. The molecule has 0 spiro atoms. The van der Waals surface area contributed by atoms with E-state index < -0.39 is 0 Å². The third-order valence-corrected chi connectivity index (χ3v) is 6.87. The molecule has 0 aromatic heterocycles. The van der Waals surface area contributed by atoms with E-state index in [2.05, 4.69) is 0 Å². The van der Waals surface area contributed by atoms with Gasteiger partial charge in [-0.25, -0.2) is 8.61 Å². The van der Waals surface area contributed by atoms with Gasteiger partial charge in [-0.05, 0) is 61.0 Å². The Morgan fingerprint density at radius 1 is 0.517 bits per heavy atom. The molecular weight excluding hydrogens is 408 g/mol. The van der Waals surface area contributed by atoms with Crippen LogP contribution in [0.4, 0.5) is 0 Å². The van der Waals surface area contributed by atoms with Crippen molar-refractivity contribution in [3.63, 3.8) is 0 Å². The van der Waals surface area contributed by atoms with Crippen molar-refractivity contribution in [3.8, 4) is 0 Å². The molecule has 4 amide bonds. The molecule has 2 aromatic carbocycles. The summed E-state index contributed by atoms with van der Waals surface area (Å²) in [5, 5.41) is 0. The second-order valence-electron chi connectivity index (χ2n) is 6.63. The molecule has 29 heavy (non-hydrogen) atoms. The Labute approximate surface area is 176 Å². The van der Waals surface area contributed by atoms with Crippen molar-refractivity contribution in [1.29, 1.82) is 0 Å². The quantitative estimate of drug-likeness (QED) is 0.360. The Morgan fingerprint density at radius 2 is 0.828 bits per heavy atom. The van der Waals surface area contributed by atoms with Crippen molar-refractivity contribution in [2.75, 3.05) is 11.5 Å². The van der Waals surface area contributed by atoms with Gasteiger partial charge in [-0.1, -0.05) is 30.7 Å². The second kappa shape index (κ2) is 8.42. The van der Waals surface area contributed by atoms with E-state index >= 15 is 0 Å². The number of imide groups is 2. The van der Waals surface area contributed by atoms with Crippen molar-refractivity contribution < 1.29 is 19.2 Å². The molecule has 8 heteroatoms. The fraction of sp³-hybridized carbons (Fsp3) is 0.238. The van der Waals surface area contributed by atoms with Gasteiger partial charge in [-0.3, -0.25) is 19.2 Å². The zero-order chi connectivity index (χ0) is 20.4. The number of benzene rings is 2. The number of rotatable bonds is 8. The molecule has 2 heterocycles. The molecule has 6 nitrogen and oxygen atoms in total. The summed E-state index contributed by atoms with van der Waals surface area (Å²) in [5.74, 6) is 0.300. The first-order chi connectivity index (χ1) is 14.1. The van der Waals surface area contributed by atoms with E-state index in [-0.39, 0.29) is 23.6 Å². The molecule has 2 aliphatic rings. The molecule has 0 aliphatic carbocycles. The average molecular weight is 427 g/mol. The highest BCUT2D eigenvalue weighted by molar-refractivity contribution is 7.98. The lowest BCUT2D eigenvalue weighted by atomic mass is 10.1. The van der Waals surface area contributed by atoms with Crippen LogP contribution < -0.4 is 0 Å². The fourth-order valence-electron chi connectivity index (χ4n) is 3.26. The summed E-state index contributed by atoms with van der Waals surface area (Å²) >= 11 is 2.48. The number of nitrogens with zero attached hydrogens (tertiary/aromatic N) is 2. The zero-order valence-electron chi connectivity index (χ0n) is 15.5. The Bertz CT molecular complexity index is 858. The molecule has 0 saturated heterocycles. The first-order valence-electron chi connectivity index (χ1n) is 9.31. The van der Waals surface area contributed by atoms with Gasteiger partial charge in [-0.2, -0.15) is 0 Å². The van der Waals surface area contributed by atoms with Crippen molar-refractivity contribution >= 4 is 47.5 Å². The third kappa shape index (κ3) is 3.70. The van der Waals surface area contributed by atoms with Gasteiger partial charge in [0.25, 0.3) is 23.6 Å². The van der Waals surface area contributed by atoms with E-state index in [0.29, 0.717) is 33.8 Å². The Balaban J connectivity index is 1.17. The van der Waals surface area contributed by atoms with Crippen molar-refractivity contribution in [3.05, 3.63) is 70.8 Å². The minimum absolute atomic E-state index is 0.253. The summed E-state index contributed by atoms with van der Waals surface area (Å²) in [7, 11) is 0. The van der Waals surface area contributed by atoms with Crippen LogP contribution in [-0.2, 0) is 0 Å². The van der Waals surface area contributed by atoms with Crippen LogP contribution in [0.3, 0.4) is 0 Å². The van der Waals surface area contributed by atoms with Crippen LogP contribution in [0.15, 0.2) is 48.5 Å². The maximum Gasteiger partial charge on any atom is 0.271 e. The number of hydrogen-bond acceptors (Lipinski definition) is 6. The third-order valence-electron chi connectivity index (χ3n) is 4.74. The molecule has 148 valence electrons. The summed E-state index contributed by atoms with van der Waals surface area (Å²) in [6, 6.07) is 13.7. The zero-order valence-corrected chi connectivity index (χ0v) is 17.1. The van der Waals surface area contributed by atoms with Gasteiger partial charge >= 0.3 is 0 Å². The lowest BCUT2D eigenvalue weighted by Gasteiger charge is -2.13. The molecule has 0 bridgehead atoms. The second-order valence-corrected chi connectivity index (χ2v) is 8.69. The molecule has 2 aromatic rings. The van der Waals surface area contributed by atoms with Crippen LogP contribution in [0.2, 0.25) is 0 Å². The van der Waals surface area contributed by atoms with Crippen molar-refractivity contribution in [1.82, 2.24) is 8.61 Å². The van der Waals surface area contributed by atoms with Crippen LogP contribution in [0.5, 0.6) is 0 Å². The predicted molar refractivity (Wildman–Crippen MR) is 113 cm³/mol. The summed E-state index contributed by atoms with van der Waals surface area (Å²) in [6.45, 7) is 0. The first-order valence-corrected chi connectivity index (χ1v) is 11.2. The molecule has 4 rings (SSSR count). The Kier molecular flexibility index (Phi) is 5.73. The SMILES string of the molecule is O=C1c2ccccc2C(=O)N1SCCCCCSN1C(=O)c2ccccc2C1=O. The van der Waals surface area contributed by atoms with Gasteiger partial charge < -0.3 is 0 Å². The minimum Gasteiger partial charge on any atom is -0.268 e. The maximum atomic E-state index is 12.3. The molecule has 0 radical (unpaired) electrons. The topological polar surface area (TPSA) is 74.8 Å². The highest BCUT2D eigenvalue weighted by Gasteiger charge is 2.36. The number of carbonyl (C=O) groups is 4. The van der Waals surface area contributed by atoms with E-state index in [0.717, 1.165) is 19.3 Å². The van der Waals surface area contributed by atoms with Crippen molar-refractivity contribution in [2.45, 2.75) is 19.3 Å². The Morgan fingerprint density at radius 3 is 1.14 bits per heavy atom. The number of amides is 4. The number of carbonyl (C=O) groups excluding carboxylic acids is 4. The standard InChI is InChI=1S/C21H18N2O4S2/c24-18-14-8-2-3-9-15(14)19(25)22(18)28-12-6-1-7-13-29-23-20(26)16-10-4-5-11-17(16)21(23)27/h2-5,8-11H,1,6-7,12-13H2. The summed E-state index contributed by atoms with van der Waals surface area (Å²) in [5.41, 5.74) is 1.84. The number of unbranched alkanes of at least 4 members (excludes halogenated alkanes) is 2. The van der Waals surface area contributed by atoms with Crippen LogP contribution in [-0.4, -0.2) is 43.7 Å². The summed E-state index contributed by atoms with van der Waals surface area (Å²) < 4.78 is 2.47. The maximum absolute atomic E-state index is 12.3. The van der Waals surface area contributed by atoms with Crippen LogP contribution in [0, 0.1) is 0 Å². The minimum atomic E-state index is -0.253. The summed E-state index contributed by atoms with van der Waals surface area (Å²) in [4.78, 5) is 49.1. The Hall–Kier alpha value is -2.58. The van der Waals surface area contributed by atoms with E-state index in [1.165, 1.54) is 32.5 Å². The lowest BCUT2D eigenvalue weighted by molar-refractivity contribution is 0.0760. The van der Waals surface area contributed by atoms with Gasteiger partial charge in [0.1, 0.15) is 0 Å². The van der Waals surface area contributed by atoms with Crippen LogP contribution >= 0.6 is 23.9 Å². The van der Waals surface area contributed by atoms with Gasteiger partial charge in [0.2, 0.25) is 0 Å². The van der Waals surface area contributed by atoms with Gasteiger partial charge in [-0.15, -0.1) is 0 Å². The van der Waals surface area contributed by atoms with E-state index in [1.54, 1.807) is 48.5 Å². The highest BCUT2D eigenvalue weighted by atomic mass is 32.2. The molecular formula is C21H18N2O4S2. The summed E-state index contributed by atoms with van der Waals surface area (Å²) in [6.07, 6.45) is 2.55. The van der Waals surface area contributed by atoms with Crippen LogP contribution in [0.25, 0.3) is 0 Å². The molecule has 2 aliphatic heterocycles. The number of fused-ring (bicyclic) bond motifs is 2. The van der Waals surface area contributed by atoms with Gasteiger partial charge in [0.05, 0.1) is 22.3 Å². The molecule has 0 fully saturated rings. The number of hydrogen-bond donors (Lipinski definition) is 0. The lowest BCUT2D eigenvalue weighted by Crippen LogP contribution is -2.23. The van der Waals surface area contributed by atoms with Gasteiger partial charge in [0.15, 0.2) is 0 Å². The smallest absolute Gasteiger partial charge is 0.268 e. The fourth-order valence-corrected chi connectivity index (χ4v) is 5.16. The largest absolute Gasteiger partial charge is 0.271 e. The van der Waals surface area contributed by atoms with Gasteiger partial charge in [0, 0.05) is 11.5 Å². The normalized spacial score (nSPS) is 15.3. The van der Waals surface area contributed by atoms with Crippen LogP contribution in [0.1, 0.15) is 60.7 Å². The van der Waals surface area contributed by atoms with E-state index in [9.17, 15) is 19.2 Å². The highest BCUT2D eigenvalue weighted by Crippen LogP contribution is 2.30.